The van der Waals surface area contributed by atoms with Crippen LogP contribution in [0.4, 0.5) is 0 Å². The number of nitrogens with one attached hydrogen (secondary N) is 4. The number of carbonyl (C=O) groups is 4. The molecule has 0 aliphatic carbocycles. The summed E-state index contributed by atoms with van der Waals surface area (Å²) in [5.74, 6) is -3.94. The molecule has 1 heterocycles. The summed E-state index contributed by atoms with van der Waals surface area (Å²) in [4.78, 5) is 56.0. The summed E-state index contributed by atoms with van der Waals surface area (Å²) >= 11 is 0. The minimum atomic E-state index is -1.62. The van der Waals surface area contributed by atoms with E-state index in [-0.39, 0.29) is 12.8 Å². The third-order valence-electron chi connectivity index (χ3n) is 5.11. The molecule has 0 spiro atoms. The van der Waals surface area contributed by atoms with Gasteiger partial charge in [-0.05, 0) is 18.9 Å². The Morgan fingerprint density at radius 2 is 1.63 bits per heavy atom. The highest BCUT2D eigenvalue weighted by Gasteiger charge is 2.32. The first kappa shape index (κ1) is 27.4. The molecule has 0 bridgehead atoms. The number of benzene rings is 1. The van der Waals surface area contributed by atoms with Gasteiger partial charge in [0.25, 0.3) is 0 Å². The molecule has 190 valence electrons. The van der Waals surface area contributed by atoms with Crippen LogP contribution < -0.4 is 21.7 Å². The Morgan fingerprint density at radius 1 is 1.00 bits per heavy atom. The number of carboxylic acids is 1. The number of aliphatic carboxylic acids is 1. The highest BCUT2D eigenvalue weighted by molar-refractivity contribution is 5.94. The van der Waals surface area contributed by atoms with E-state index in [0.717, 1.165) is 5.56 Å². The van der Waals surface area contributed by atoms with Crippen LogP contribution in [0.15, 0.2) is 42.9 Å². The molecule has 0 saturated heterocycles. The number of aromatic nitrogens is 2. The number of aromatic amines is 1. The van der Waals surface area contributed by atoms with Crippen LogP contribution >= 0.6 is 0 Å². The van der Waals surface area contributed by atoms with Gasteiger partial charge in [-0.25, -0.2) is 9.78 Å². The topological polar surface area (TPSA) is 220 Å². The van der Waals surface area contributed by atoms with Crippen LogP contribution in [0.3, 0.4) is 0 Å². The van der Waals surface area contributed by atoms with Gasteiger partial charge in [0.2, 0.25) is 17.7 Å². The lowest BCUT2D eigenvalue weighted by Gasteiger charge is -2.25. The van der Waals surface area contributed by atoms with E-state index in [0.29, 0.717) is 5.69 Å². The van der Waals surface area contributed by atoms with Gasteiger partial charge >= 0.3 is 5.97 Å². The largest absolute Gasteiger partial charge is 0.480 e. The highest BCUT2D eigenvalue weighted by atomic mass is 16.4. The van der Waals surface area contributed by atoms with Crippen LogP contribution in [0.1, 0.15) is 18.2 Å². The molecule has 0 fully saturated rings. The van der Waals surface area contributed by atoms with Gasteiger partial charge in [-0.1, -0.05) is 30.3 Å². The molecule has 0 aliphatic heterocycles. The van der Waals surface area contributed by atoms with Crippen molar-refractivity contribution in [1.82, 2.24) is 25.9 Å². The third-order valence-corrected chi connectivity index (χ3v) is 5.11. The summed E-state index contributed by atoms with van der Waals surface area (Å²) in [6, 6.07) is 3.64. The van der Waals surface area contributed by atoms with Crippen molar-refractivity contribution in [3.8, 4) is 0 Å². The first-order valence-electron chi connectivity index (χ1n) is 10.8. The number of rotatable bonds is 13. The van der Waals surface area contributed by atoms with Crippen LogP contribution in [0.5, 0.6) is 0 Å². The van der Waals surface area contributed by atoms with Gasteiger partial charge in [-0.15, -0.1) is 0 Å². The quantitative estimate of drug-likeness (QED) is 0.148. The number of nitrogens with zero attached hydrogens (tertiary/aromatic N) is 1. The van der Waals surface area contributed by atoms with E-state index in [1.807, 2.05) is 6.07 Å². The SMILES string of the molecule is CC(O)C(NC(=O)C(Cc1cnc[nH]1)NC(=O)C(CO)NC(=O)C(N)Cc1ccccc1)C(=O)O. The van der Waals surface area contributed by atoms with Crippen molar-refractivity contribution < 1.29 is 34.5 Å². The maximum Gasteiger partial charge on any atom is 0.328 e. The monoisotopic (exact) mass is 490 g/mol. The zero-order valence-corrected chi connectivity index (χ0v) is 19.0. The molecule has 1 aromatic heterocycles. The highest BCUT2D eigenvalue weighted by Crippen LogP contribution is 2.04. The summed E-state index contributed by atoms with van der Waals surface area (Å²) < 4.78 is 0. The van der Waals surface area contributed by atoms with Crippen LogP contribution in [-0.4, -0.2) is 85.9 Å². The van der Waals surface area contributed by atoms with Crippen LogP contribution in [0.25, 0.3) is 0 Å². The molecule has 2 aromatic rings. The molecule has 9 N–H and O–H groups in total. The number of H-pyrrole nitrogens is 1. The molecule has 13 heteroatoms. The molecular formula is C22H30N6O7. The van der Waals surface area contributed by atoms with Gasteiger partial charge in [0.1, 0.15) is 12.1 Å². The minimum Gasteiger partial charge on any atom is -0.480 e. The first-order chi connectivity index (χ1) is 16.6. The fraction of sp³-hybridized carbons (Fsp3) is 0.409. The van der Waals surface area contributed by atoms with Crippen LogP contribution in [-0.2, 0) is 32.0 Å². The summed E-state index contributed by atoms with van der Waals surface area (Å²) in [5, 5.41) is 35.5. The van der Waals surface area contributed by atoms with E-state index in [4.69, 9.17) is 5.73 Å². The number of aliphatic hydroxyl groups excluding tert-OH is 2. The Balaban J connectivity index is 2.08. The fourth-order valence-electron chi connectivity index (χ4n) is 3.17. The second kappa shape index (κ2) is 13.2. The second-order valence-corrected chi connectivity index (χ2v) is 7.95. The van der Waals surface area contributed by atoms with Gasteiger partial charge in [-0.3, -0.25) is 14.4 Å². The van der Waals surface area contributed by atoms with E-state index in [1.54, 1.807) is 24.3 Å². The van der Waals surface area contributed by atoms with Crippen molar-refractivity contribution in [2.24, 2.45) is 5.73 Å². The van der Waals surface area contributed by atoms with E-state index >= 15 is 0 Å². The number of carbonyl (C=O) groups excluding carboxylic acids is 3. The van der Waals surface area contributed by atoms with Crippen LogP contribution in [0.2, 0.25) is 0 Å². The zero-order valence-electron chi connectivity index (χ0n) is 19.0. The van der Waals surface area contributed by atoms with Crippen molar-refractivity contribution in [2.45, 2.75) is 50.0 Å². The van der Waals surface area contributed by atoms with Gasteiger partial charge in [-0.2, -0.15) is 0 Å². The average Bonchev–Trinajstić information content (AvgIpc) is 3.33. The first-order valence-corrected chi connectivity index (χ1v) is 10.8. The van der Waals surface area contributed by atoms with Crippen molar-refractivity contribution in [3.05, 3.63) is 54.1 Å². The Labute approximate surface area is 201 Å². The van der Waals surface area contributed by atoms with Gasteiger partial charge in [0.05, 0.1) is 25.1 Å². The van der Waals surface area contributed by atoms with Gasteiger partial charge in [0, 0.05) is 18.3 Å². The number of amides is 3. The number of hydrogen-bond acceptors (Lipinski definition) is 8. The molecule has 3 amide bonds. The molecule has 5 atom stereocenters. The summed E-state index contributed by atoms with van der Waals surface area (Å²) in [5.41, 5.74) is 7.18. The Morgan fingerprint density at radius 3 is 2.17 bits per heavy atom. The predicted molar refractivity (Wildman–Crippen MR) is 123 cm³/mol. The van der Waals surface area contributed by atoms with Crippen LogP contribution in [0, 0.1) is 0 Å². The molecule has 2 rings (SSSR count). The molecule has 0 radical (unpaired) electrons. The third kappa shape index (κ3) is 8.48. The predicted octanol–water partition coefficient (Wildman–Crippen LogP) is -2.57. The Hall–Kier alpha value is -3.81. The smallest absolute Gasteiger partial charge is 0.328 e. The molecule has 0 saturated carbocycles. The number of nitrogens with two attached hydrogens (primary N) is 1. The Bertz CT molecular complexity index is 983. The molecule has 0 aliphatic rings. The van der Waals surface area contributed by atoms with Crippen molar-refractivity contribution in [1.29, 1.82) is 0 Å². The lowest BCUT2D eigenvalue weighted by molar-refractivity contribution is -0.145. The van der Waals surface area contributed by atoms with E-state index in [1.165, 1.54) is 19.4 Å². The standard InChI is InChI=1S/C22H30N6O7/c1-12(30)18(22(34)35)28-20(32)16(8-14-9-24-11-25-14)26-21(33)17(10-29)27-19(31)15(23)7-13-5-3-2-4-6-13/h2-6,9,11-12,15-18,29-30H,7-8,10,23H2,1H3,(H,24,25)(H,26,33)(H,27,31)(H,28,32)(H,34,35). The molecule has 5 unspecified atom stereocenters. The molecular weight excluding hydrogens is 460 g/mol. The maximum absolute atomic E-state index is 12.8. The second-order valence-electron chi connectivity index (χ2n) is 7.95. The van der Waals surface area contributed by atoms with E-state index in [2.05, 4.69) is 25.9 Å². The molecule has 13 nitrogen and oxygen atoms in total. The van der Waals surface area contributed by atoms with E-state index in [9.17, 15) is 34.5 Å². The fourth-order valence-corrected chi connectivity index (χ4v) is 3.17. The van der Waals surface area contributed by atoms with Gasteiger partial charge in [0.15, 0.2) is 6.04 Å². The number of hydrogen-bond donors (Lipinski definition) is 8. The zero-order chi connectivity index (χ0) is 26.0. The van der Waals surface area contributed by atoms with Gasteiger partial charge < -0.3 is 42.0 Å². The van der Waals surface area contributed by atoms with Crippen molar-refractivity contribution >= 4 is 23.7 Å². The Kier molecular flexibility index (Phi) is 10.3. The van der Waals surface area contributed by atoms with Crippen molar-refractivity contribution in [3.63, 3.8) is 0 Å². The molecule has 35 heavy (non-hydrogen) atoms. The maximum atomic E-state index is 12.8. The summed E-state index contributed by atoms with van der Waals surface area (Å²) in [7, 11) is 0. The lowest BCUT2D eigenvalue weighted by atomic mass is 10.1. The van der Waals surface area contributed by atoms with Crippen molar-refractivity contribution in [2.75, 3.05) is 6.61 Å². The van der Waals surface area contributed by atoms with E-state index < -0.39 is 60.6 Å². The lowest BCUT2D eigenvalue weighted by Crippen LogP contribution is -2.59. The number of imidazole rings is 1. The average molecular weight is 491 g/mol. The normalized spacial score (nSPS) is 15.2. The minimum absolute atomic E-state index is 0.108. The molecule has 1 aromatic carbocycles. The number of carboxylic acid groups (broad SMARTS) is 1. The number of aliphatic hydroxyl groups is 2. The summed E-state index contributed by atoms with van der Waals surface area (Å²) in [6.07, 6.45) is 1.45. The summed E-state index contributed by atoms with van der Waals surface area (Å²) in [6.45, 7) is 0.414.